The Hall–Kier alpha value is -1.06. The molecule has 1 aromatic rings. The number of ether oxygens (including phenoxy) is 2. The van der Waals surface area contributed by atoms with E-state index in [0.29, 0.717) is 18.8 Å². The smallest absolute Gasteiger partial charge is 0.122 e. The molecule has 2 aliphatic rings. The third kappa shape index (κ3) is 2.77. The monoisotopic (exact) mass is 261 g/mol. The standard InChI is InChI=1S/C16H23NO2/c1-2-17-15-9-8-14-13(15)6-3-7-16(14)19-11-12-5-4-10-18-12/h3,6-7,12,15,17H,2,4-5,8-11H2,1H3. The van der Waals surface area contributed by atoms with Gasteiger partial charge in [0.2, 0.25) is 0 Å². The Morgan fingerprint density at radius 2 is 2.32 bits per heavy atom. The van der Waals surface area contributed by atoms with Gasteiger partial charge in [-0.05, 0) is 49.4 Å². The molecule has 3 heteroatoms. The Labute approximate surface area is 115 Å². The van der Waals surface area contributed by atoms with Crippen LogP contribution in [0.5, 0.6) is 5.75 Å². The lowest BCUT2D eigenvalue weighted by atomic mass is 10.1. The summed E-state index contributed by atoms with van der Waals surface area (Å²) >= 11 is 0. The second-order valence-electron chi connectivity index (χ2n) is 5.42. The lowest BCUT2D eigenvalue weighted by Crippen LogP contribution is -2.18. The summed E-state index contributed by atoms with van der Waals surface area (Å²) in [6.45, 7) is 4.77. The van der Waals surface area contributed by atoms with E-state index in [1.165, 1.54) is 24.0 Å². The Balaban J connectivity index is 1.69. The molecule has 0 saturated carbocycles. The summed E-state index contributed by atoms with van der Waals surface area (Å²) < 4.78 is 11.6. The number of benzene rings is 1. The first-order valence-electron chi connectivity index (χ1n) is 7.48. The molecule has 3 rings (SSSR count). The van der Waals surface area contributed by atoms with Crippen LogP contribution in [0.3, 0.4) is 0 Å². The summed E-state index contributed by atoms with van der Waals surface area (Å²) in [5, 5.41) is 3.54. The van der Waals surface area contributed by atoms with Crippen molar-refractivity contribution >= 4 is 0 Å². The molecule has 0 spiro atoms. The summed E-state index contributed by atoms with van der Waals surface area (Å²) in [6.07, 6.45) is 4.90. The molecule has 1 heterocycles. The molecule has 0 amide bonds. The predicted molar refractivity (Wildman–Crippen MR) is 75.6 cm³/mol. The van der Waals surface area contributed by atoms with Crippen molar-refractivity contribution in [1.29, 1.82) is 0 Å². The van der Waals surface area contributed by atoms with Crippen molar-refractivity contribution < 1.29 is 9.47 Å². The van der Waals surface area contributed by atoms with Gasteiger partial charge in [-0.3, -0.25) is 0 Å². The van der Waals surface area contributed by atoms with Crippen LogP contribution in [0.4, 0.5) is 0 Å². The van der Waals surface area contributed by atoms with Crippen LogP contribution < -0.4 is 10.1 Å². The minimum absolute atomic E-state index is 0.293. The van der Waals surface area contributed by atoms with E-state index in [-0.39, 0.29) is 0 Å². The first-order chi connectivity index (χ1) is 9.38. The van der Waals surface area contributed by atoms with Crippen molar-refractivity contribution in [3.63, 3.8) is 0 Å². The van der Waals surface area contributed by atoms with Gasteiger partial charge in [-0.1, -0.05) is 19.1 Å². The topological polar surface area (TPSA) is 30.5 Å². The predicted octanol–water partition coefficient (Wildman–Crippen LogP) is 2.84. The van der Waals surface area contributed by atoms with E-state index in [0.717, 1.165) is 31.7 Å². The van der Waals surface area contributed by atoms with Crippen molar-refractivity contribution in [1.82, 2.24) is 5.32 Å². The quantitative estimate of drug-likeness (QED) is 0.884. The Morgan fingerprint density at radius 1 is 1.37 bits per heavy atom. The molecule has 0 radical (unpaired) electrons. The van der Waals surface area contributed by atoms with Gasteiger partial charge in [0.05, 0.1) is 6.10 Å². The van der Waals surface area contributed by atoms with Gasteiger partial charge >= 0.3 is 0 Å². The lowest BCUT2D eigenvalue weighted by molar-refractivity contribution is 0.0676. The maximum Gasteiger partial charge on any atom is 0.122 e. The number of nitrogens with one attached hydrogen (secondary N) is 1. The molecule has 2 unspecified atom stereocenters. The first-order valence-corrected chi connectivity index (χ1v) is 7.48. The Kier molecular flexibility index (Phi) is 4.04. The zero-order valence-corrected chi connectivity index (χ0v) is 11.7. The molecule has 1 fully saturated rings. The number of fused-ring (bicyclic) bond motifs is 1. The van der Waals surface area contributed by atoms with Crippen molar-refractivity contribution in [3.8, 4) is 5.75 Å². The summed E-state index contributed by atoms with van der Waals surface area (Å²) in [5.41, 5.74) is 2.82. The van der Waals surface area contributed by atoms with Gasteiger partial charge < -0.3 is 14.8 Å². The molecule has 104 valence electrons. The van der Waals surface area contributed by atoms with E-state index in [1.807, 2.05) is 0 Å². The van der Waals surface area contributed by atoms with E-state index in [9.17, 15) is 0 Å². The van der Waals surface area contributed by atoms with Gasteiger partial charge in [0.1, 0.15) is 12.4 Å². The molecule has 0 bridgehead atoms. The highest BCUT2D eigenvalue weighted by Crippen LogP contribution is 2.37. The van der Waals surface area contributed by atoms with Crippen LogP contribution in [0.25, 0.3) is 0 Å². The number of hydrogen-bond acceptors (Lipinski definition) is 3. The van der Waals surface area contributed by atoms with Crippen LogP contribution in [-0.4, -0.2) is 25.9 Å². The van der Waals surface area contributed by atoms with Crippen LogP contribution in [0, 0.1) is 0 Å². The molecular weight excluding hydrogens is 238 g/mol. The maximum atomic E-state index is 6.01. The average Bonchev–Trinajstić information content (AvgIpc) is 3.07. The summed E-state index contributed by atoms with van der Waals surface area (Å²) in [5.74, 6) is 1.06. The van der Waals surface area contributed by atoms with Gasteiger partial charge in [0.25, 0.3) is 0 Å². The maximum absolute atomic E-state index is 6.01. The number of rotatable bonds is 5. The third-order valence-electron chi connectivity index (χ3n) is 4.13. The molecule has 1 saturated heterocycles. The minimum Gasteiger partial charge on any atom is -0.491 e. The van der Waals surface area contributed by atoms with Crippen molar-refractivity contribution in [2.45, 2.75) is 44.8 Å². The van der Waals surface area contributed by atoms with Crippen molar-refractivity contribution in [2.24, 2.45) is 0 Å². The van der Waals surface area contributed by atoms with Crippen LogP contribution in [0.1, 0.15) is 43.4 Å². The van der Waals surface area contributed by atoms with Crippen molar-refractivity contribution in [2.75, 3.05) is 19.8 Å². The fourth-order valence-electron chi connectivity index (χ4n) is 3.17. The first kappa shape index (κ1) is 12.9. The van der Waals surface area contributed by atoms with E-state index in [2.05, 4.69) is 30.4 Å². The number of hydrogen-bond donors (Lipinski definition) is 1. The average molecular weight is 261 g/mol. The minimum atomic E-state index is 0.293. The van der Waals surface area contributed by atoms with Crippen molar-refractivity contribution in [3.05, 3.63) is 29.3 Å². The molecule has 1 aliphatic heterocycles. The molecule has 1 aliphatic carbocycles. The normalized spacial score (nSPS) is 25.5. The summed E-state index contributed by atoms with van der Waals surface area (Å²) in [6, 6.07) is 6.95. The van der Waals surface area contributed by atoms with Gasteiger partial charge in [-0.25, -0.2) is 0 Å². The molecule has 1 N–H and O–H groups in total. The molecule has 3 nitrogen and oxygen atoms in total. The van der Waals surface area contributed by atoms with E-state index >= 15 is 0 Å². The molecular formula is C16H23NO2. The summed E-state index contributed by atoms with van der Waals surface area (Å²) in [4.78, 5) is 0. The van der Waals surface area contributed by atoms with E-state index in [1.54, 1.807) is 0 Å². The molecule has 19 heavy (non-hydrogen) atoms. The highest BCUT2D eigenvalue weighted by atomic mass is 16.5. The van der Waals surface area contributed by atoms with Gasteiger partial charge in [0.15, 0.2) is 0 Å². The Morgan fingerprint density at radius 3 is 3.11 bits per heavy atom. The van der Waals surface area contributed by atoms with Crippen LogP contribution in [0.15, 0.2) is 18.2 Å². The van der Waals surface area contributed by atoms with E-state index in [4.69, 9.17) is 9.47 Å². The second kappa shape index (κ2) is 5.93. The van der Waals surface area contributed by atoms with Crippen LogP contribution >= 0.6 is 0 Å². The molecule has 1 aromatic carbocycles. The van der Waals surface area contributed by atoms with Gasteiger partial charge in [0, 0.05) is 12.6 Å². The zero-order valence-electron chi connectivity index (χ0n) is 11.7. The highest BCUT2D eigenvalue weighted by molar-refractivity contribution is 5.45. The molecule has 2 atom stereocenters. The highest BCUT2D eigenvalue weighted by Gasteiger charge is 2.25. The second-order valence-corrected chi connectivity index (χ2v) is 5.42. The van der Waals surface area contributed by atoms with Gasteiger partial charge in [-0.15, -0.1) is 0 Å². The SMILES string of the molecule is CCNC1CCc2c(OCC3CCCO3)cccc21. The molecule has 0 aromatic heterocycles. The zero-order chi connectivity index (χ0) is 13.1. The van der Waals surface area contributed by atoms with Gasteiger partial charge in [-0.2, -0.15) is 0 Å². The lowest BCUT2D eigenvalue weighted by Gasteiger charge is -2.16. The third-order valence-corrected chi connectivity index (χ3v) is 4.13. The largest absolute Gasteiger partial charge is 0.491 e. The fourth-order valence-corrected chi connectivity index (χ4v) is 3.17. The summed E-state index contributed by atoms with van der Waals surface area (Å²) in [7, 11) is 0. The van der Waals surface area contributed by atoms with Crippen LogP contribution in [0.2, 0.25) is 0 Å². The van der Waals surface area contributed by atoms with Crippen LogP contribution in [-0.2, 0) is 11.2 Å². The van der Waals surface area contributed by atoms with E-state index < -0.39 is 0 Å². The Bertz CT molecular complexity index is 427. The fraction of sp³-hybridized carbons (Fsp3) is 0.625.